The Bertz CT molecular complexity index is 762. The predicted octanol–water partition coefficient (Wildman–Crippen LogP) is 1.69. The van der Waals surface area contributed by atoms with E-state index in [0.717, 1.165) is 5.56 Å². The van der Waals surface area contributed by atoms with Gasteiger partial charge in [0.15, 0.2) is 4.21 Å². The molecule has 0 unspecified atom stereocenters. The molecule has 0 spiro atoms. The topological polar surface area (TPSA) is 88.3 Å². The number of aromatic amines is 1. The second kappa shape index (κ2) is 5.78. The lowest BCUT2D eigenvalue weighted by Crippen LogP contribution is -2.14. The molecule has 0 aliphatic rings. The molecule has 0 bridgehead atoms. The van der Waals surface area contributed by atoms with E-state index in [9.17, 15) is 13.2 Å². The fraction of sp³-hybridized carbons (Fsp3) is 0.250. The fourth-order valence-corrected chi connectivity index (χ4v) is 4.14. The Balaban J connectivity index is 2.38. The summed E-state index contributed by atoms with van der Waals surface area (Å²) in [4.78, 5) is 13.3. The zero-order valence-electron chi connectivity index (χ0n) is 11.0. The lowest BCUT2D eigenvalue weighted by molar-refractivity contribution is 0.185. The number of methoxy groups -OCH3 is 1. The van der Waals surface area contributed by atoms with Crippen molar-refractivity contribution < 1.29 is 13.2 Å². The summed E-state index contributed by atoms with van der Waals surface area (Å²) in [5.41, 5.74) is 1.49. The van der Waals surface area contributed by atoms with Crippen LogP contribution in [0.25, 0.3) is 0 Å². The summed E-state index contributed by atoms with van der Waals surface area (Å²) in [5.74, 6) is 0. The van der Waals surface area contributed by atoms with Gasteiger partial charge in [0.2, 0.25) is 0 Å². The van der Waals surface area contributed by atoms with Gasteiger partial charge in [-0.2, -0.15) is 0 Å². The third-order valence-corrected chi connectivity index (χ3v) is 5.56. The molecular weight excluding hydrogens is 300 g/mol. The van der Waals surface area contributed by atoms with Gasteiger partial charge in [0.25, 0.3) is 10.0 Å². The van der Waals surface area contributed by atoms with E-state index in [0.29, 0.717) is 29.3 Å². The minimum Gasteiger partial charge on any atom is -0.380 e. The molecular formula is C12H14N2O4S2. The molecule has 1 heterocycles. The Morgan fingerprint density at radius 3 is 2.65 bits per heavy atom. The van der Waals surface area contributed by atoms with Crippen molar-refractivity contribution in [1.29, 1.82) is 0 Å². The van der Waals surface area contributed by atoms with Crippen LogP contribution in [0.15, 0.2) is 33.3 Å². The maximum Gasteiger partial charge on any atom is 0.306 e. The molecule has 0 amide bonds. The van der Waals surface area contributed by atoms with Gasteiger partial charge in [0.05, 0.1) is 12.3 Å². The highest BCUT2D eigenvalue weighted by Crippen LogP contribution is 2.23. The molecule has 2 N–H and O–H groups in total. The number of anilines is 1. The number of aryl methyl sites for hydroxylation is 1. The van der Waals surface area contributed by atoms with Crippen molar-refractivity contribution in [1.82, 2.24) is 4.98 Å². The van der Waals surface area contributed by atoms with Gasteiger partial charge in [-0.15, -0.1) is 0 Å². The Morgan fingerprint density at radius 2 is 2.05 bits per heavy atom. The highest BCUT2D eigenvalue weighted by molar-refractivity contribution is 7.94. The fourth-order valence-electron chi connectivity index (χ4n) is 1.74. The number of sulfonamides is 1. The zero-order valence-corrected chi connectivity index (χ0v) is 12.6. The average molecular weight is 314 g/mol. The molecule has 2 rings (SSSR count). The summed E-state index contributed by atoms with van der Waals surface area (Å²) in [6.45, 7) is 1.84. The largest absolute Gasteiger partial charge is 0.380 e. The third-order valence-electron chi connectivity index (χ3n) is 2.59. The first-order valence-electron chi connectivity index (χ1n) is 5.73. The van der Waals surface area contributed by atoms with E-state index >= 15 is 0 Å². The Labute approximate surface area is 120 Å². The second-order valence-electron chi connectivity index (χ2n) is 4.12. The van der Waals surface area contributed by atoms with Crippen molar-refractivity contribution >= 4 is 27.0 Å². The van der Waals surface area contributed by atoms with E-state index in [1.165, 1.54) is 7.11 Å². The van der Waals surface area contributed by atoms with Crippen molar-refractivity contribution in [2.24, 2.45) is 0 Å². The van der Waals surface area contributed by atoms with E-state index in [2.05, 4.69) is 9.71 Å². The number of H-pyrrole nitrogens is 1. The Morgan fingerprint density at radius 1 is 1.35 bits per heavy atom. The molecule has 0 saturated heterocycles. The van der Waals surface area contributed by atoms with Crippen LogP contribution in [0.2, 0.25) is 0 Å². The second-order valence-corrected chi connectivity index (χ2v) is 6.98. The monoisotopic (exact) mass is 314 g/mol. The molecule has 108 valence electrons. The molecule has 20 heavy (non-hydrogen) atoms. The number of aromatic nitrogens is 1. The zero-order chi connectivity index (χ0) is 14.8. The van der Waals surface area contributed by atoms with Gasteiger partial charge in [-0.05, 0) is 13.0 Å². The van der Waals surface area contributed by atoms with E-state index < -0.39 is 14.9 Å². The molecule has 0 fully saturated rings. The molecule has 0 atom stereocenters. The molecule has 8 heteroatoms. The summed E-state index contributed by atoms with van der Waals surface area (Å²) in [7, 11) is -2.25. The molecule has 2 aromatic rings. The van der Waals surface area contributed by atoms with Crippen molar-refractivity contribution in [3.63, 3.8) is 0 Å². The lowest BCUT2D eigenvalue weighted by atomic mass is 10.2. The number of ether oxygens (including phenoxy) is 1. The minimum absolute atomic E-state index is 0.00489. The number of para-hydroxylation sites is 1. The number of nitrogens with one attached hydrogen (secondary N) is 2. The van der Waals surface area contributed by atoms with Crippen molar-refractivity contribution in [3.05, 3.63) is 45.2 Å². The van der Waals surface area contributed by atoms with Gasteiger partial charge in [-0.25, -0.2) is 8.42 Å². The van der Waals surface area contributed by atoms with Crippen molar-refractivity contribution in [2.75, 3.05) is 11.8 Å². The normalized spacial score (nSPS) is 11.5. The molecule has 0 saturated carbocycles. The van der Waals surface area contributed by atoms with Crippen LogP contribution in [0.3, 0.4) is 0 Å². The molecule has 1 aromatic carbocycles. The maximum atomic E-state index is 12.3. The molecule has 0 radical (unpaired) electrons. The smallest absolute Gasteiger partial charge is 0.306 e. The number of hydrogen-bond acceptors (Lipinski definition) is 5. The van der Waals surface area contributed by atoms with Crippen LogP contribution in [-0.4, -0.2) is 20.5 Å². The summed E-state index contributed by atoms with van der Waals surface area (Å²) in [5, 5.41) is 0. The summed E-state index contributed by atoms with van der Waals surface area (Å²) < 4.78 is 32.1. The van der Waals surface area contributed by atoms with Crippen molar-refractivity contribution in [2.45, 2.75) is 17.7 Å². The molecule has 0 aliphatic heterocycles. The number of rotatable bonds is 5. The van der Waals surface area contributed by atoms with Gasteiger partial charge >= 0.3 is 4.87 Å². The number of benzene rings is 1. The third kappa shape index (κ3) is 3.09. The summed E-state index contributed by atoms with van der Waals surface area (Å²) >= 11 is 0.667. The van der Waals surface area contributed by atoms with Crippen LogP contribution in [0.1, 0.15) is 11.3 Å². The van der Waals surface area contributed by atoms with Crippen LogP contribution < -0.4 is 9.60 Å². The van der Waals surface area contributed by atoms with Gasteiger partial charge in [0, 0.05) is 18.4 Å². The average Bonchev–Trinajstić information content (AvgIpc) is 2.72. The van der Waals surface area contributed by atoms with Crippen LogP contribution in [0.4, 0.5) is 5.69 Å². The van der Waals surface area contributed by atoms with Gasteiger partial charge < -0.3 is 9.72 Å². The quantitative estimate of drug-likeness (QED) is 0.879. The first-order chi connectivity index (χ1) is 9.44. The standard InChI is InChI=1S/C12H14N2O4S2/c1-8-11(19-12(15)13-8)20(16,17)14-10-6-4-3-5-9(10)7-18-2/h3-6,14H,7H2,1-2H3,(H,13,15). The summed E-state index contributed by atoms with van der Waals surface area (Å²) in [6, 6.07) is 6.94. The van der Waals surface area contributed by atoms with E-state index in [4.69, 9.17) is 4.74 Å². The van der Waals surface area contributed by atoms with Crippen LogP contribution in [0, 0.1) is 6.92 Å². The van der Waals surface area contributed by atoms with Crippen LogP contribution in [0.5, 0.6) is 0 Å². The SMILES string of the molecule is COCc1ccccc1NS(=O)(=O)c1sc(=O)[nH]c1C. The molecule has 6 nitrogen and oxygen atoms in total. The predicted molar refractivity (Wildman–Crippen MR) is 77.6 cm³/mol. The van der Waals surface area contributed by atoms with Gasteiger partial charge in [-0.1, -0.05) is 29.5 Å². The van der Waals surface area contributed by atoms with Gasteiger partial charge in [0.1, 0.15) is 0 Å². The number of hydrogen-bond donors (Lipinski definition) is 2. The van der Waals surface area contributed by atoms with E-state index in [1.54, 1.807) is 31.2 Å². The van der Waals surface area contributed by atoms with Gasteiger partial charge in [-0.3, -0.25) is 9.52 Å². The van der Waals surface area contributed by atoms with E-state index in [1.807, 2.05) is 0 Å². The Kier molecular flexibility index (Phi) is 4.26. The minimum atomic E-state index is -3.78. The first-order valence-corrected chi connectivity index (χ1v) is 8.03. The highest BCUT2D eigenvalue weighted by Gasteiger charge is 2.21. The maximum absolute atomic E-state index is 12.3. The number of thiazole rings is 1. The first kappa shape index (κ1) is 14.8. The van der Waals surface area contributed by atoms with Crippen LogP contribution in [-0.2, 0) is 21.4 Å². The van der Waals surface area contributed by atoms with E-state index in [-0.39, 0.29) is 4.21 Å². The highest BCUT2D eigenvalue weighted by atomic mass is 32.2. The summed E-state index contributed by atoms with van der Waals surface area (Å²) in [6.07, 6.45) is 0. The van der Waals surface area contributed by atoms with Crippen LogP contribution >= 0.6 is 11.3 Å². The lowest BCUT2D eigenvalue weighted by Gasteiger charge is -2.11. The molecule has 0 aliphatic carbocycles. The van der Waals surface area contributed by atoms with Crippen molar-refractivity contribution in [3.8, 4) is 0 Å². The molecule has 1 aromatic heterocycles. The Hall–Kier alpha value is -1.64.